The van der Waals surface area contributed by atoms with Crippen LogP contribution in [0.5, 0.6) is 0 Å². The molecule has 118 valence electrons. The van der Waals surface area contributed by atoms with Gasteiger partial charge in [-0.3, -0.25) is 4.79 Å². The van der Waals surface area contributed by atoms with Crippen molar-refractivity contribution < 1.29 is 14.3 Å². The number of carbonyl (C=O) groups is 1. The topological polar surface area (TPSA) is 64.8 Å². The van der Waals surface area contributed by atoms with E-state index in [0.717, 1.165) is 5.56 Å². The van der Waals surface area contributed by atoms with Crippen LogP contribution in [0.3, 0.4) is 0 Å². The summed E-state index contributed by atoms with van der Waals surface area (Å²) in [5.41, 5.74) is 8.05. The molecule has 0 radical (unpaired) electrons. The van der Waals surface area contributed by atoms with Crippen LogP contribution in [0.2, 0.25) is 0 Å². The van der Waals surface area contributed by atoms with Gasteiger partial charge >= 0.3 is 0 Å². The number of nitrogens with zero attached hydrogens (tertiary/aromatic N) is 1. The molecule has 1 aromatic carbocycles. The Morgan fingerprint density at radius 1 is 1.14 bits per heavy atom. The number of aryl methyl sites for hydroxylation is 1. The average Bonchev–Trinajstić information content (AvgIpc) is 2.45. The second kappa shape index (κ2) is 9.37. The zero-order valence-corrected chi connectivity index (χ0v) is 13.2. The Morgan fingerprint density at radius 2 is 1.71 bits per heavy atom. The van der Waals surface area contributed by atoms with Gasteiger partial charge < -0.3 is 20.1 Å². The lowest BCUT2D eigenvalue weighted by Crippen LogP contribution is -2.37. The van der Waals surface area contributed by atoms with Crippen molar-refractivity contribution in [2.75, 3.05) is 45.3 Å². The summed E-state index contributed by atoms with van der Waals surface area (Å²) in [4.78, 5) is 14.3. The molecular formula is C16H26N2O3. The third-order valence-electron chi connectivity index (χ3n) is 3.14. The first-order chi connectivity index (χ1) is 10.1. The highest BCUT2D eigenvalue weighted by Crippen LogP contribution is 2.16. The van der Waals surface area contributed by atoms with E-state index in [1.165, 1.54) is 0 Å². The molecule has 1 rings (SSSR count). The van der Waals surface area contributed by atoms with Gasteiger partial charge in [-0.1, -0.05) is 6.07 Å². The normalized spacial score (nSPS) is 10.6. The minimum atomic E-state index is -0.0769. The summed E-state index contributed by atoms with van der Waals surface area (Å²) in [7, 11) is 0. The first kappa shape index (κ1) is 17.5. The Hall–Kier alpha value is -1.59. The lowest BCUT2D eigenvalue weighted by atomic mass is 10.1. The number of hydrogen-bond donors (Lipinski definition) is 1. The van der Waals surface area contributed by atoms with Crippen LogP contribution in [-0.4, -0.2) is 50.3 Å². The number of anilines is 1. The molecule has 0 saturated carbocycles. The summed E-state index contributed by atoms with van der Waals surface area (Å²) in [6.07, 6.45) is 0. The fraction of sp³-hybridized carbons (Fsp3) is 0.562. The zero-order chi connectivity index (χ0) is 15.7. The van der Waals surface area contributed by atoms with E-state index < -0.39 is 0 Å². The van der Waals surface area contributed by atoms with Crippen molar-refractivity contribution in [3.05, 3.63) is 29.3 Å². The molecule has 5 heteroatoms. The van der Waals surface area contributed by atoms with Crippen molar-refractivity contribution in [1.82, 2.24) is 4.90 Å². The number of nitrogens with two attached hydrogens (primary N) is 1. The van der Waals surface area contributed by atoms with E-state index in [1.54, 1.807) is 11.0 Å². The maximum atomic E-state index is 12.6. The number of nitrogen functional groups attached to an aromatic ring is 1. The van der Waals surface area contributed by atoms with E-state index in [-0.39, 0.29) is 5.91 Å². The quantitative estimate of drug-likeness (QED) is 0.559. The summed E-state index contributed by atoms with van der Waals surface area (Å²) in [6, 6.07) is 5.49. The minimum Gasteiger partial charge on any atom is -0.398 e. The third-order valence-corrected chi connectivity index (χ3v) is 3.14. The average molecular weight is 294 g/mol. The van der Waals surface area contributed by atoms with Gasteiger partial charge in [0.2, 0.25) is 0 Å². The minimum absolute atomic E-state index is 0.0769. The molecule has 1 aromatic rings. The Morgan fingerprint density at radius 3 is 2.19 bits per heavy atom. The molecule has 0 atom stereocenters. The van der Waals surface area contributed by atoms with Crippen molar-refractivity contribution in [2.24, 2.45) is 0 Å². The molecule has 0 aliphatic heterocycles. The molecule has 0 unspecified atom stereocenters. The van der Waals surface area contributed by atoms with Crippen molar-refractivity contribution in [3.8, 4) is 0 Å². The largest absolute Gasteiger partial charge is 0.398 e. The second-order valence-electron chi connectivity index (χ2n) is 4.78. The van der Waals surface area contributed by atoms with Crippen molar-refractivity contribution in [1.29, 1.82) is 0 Å². The van der Waals surface area contributed by atoms with Gasteiger partial charge in [-0.2, -0.15) is 0 Å². The lowest BCUT2D eigenvalue weighted by Gasteiger charge is -2.23. The molecule has 21 heavy (non-hydrogen) atoms. The maximum absolute atomic E-state index is 12.6. The summed E-state index contributed by atoms with van der Waals surface area (Å²) in [5, 5.41) is 0. The molecular weight excluding hydrogens is 268 g/mol. The lowest BCUT2D eigenvalue weighted by molar-refractivity contribution is 0.0551. The highest BCUT2D eigenvalue weighted by molar-refractivity contribution is 5.99. The molecule has 0 heterocycles. The van der Waals surface area contributed by atoms with Crippen molar-refractivity contribution >= 4 is 11.6 Å². The molecule has 0 bridgehead atoms. The zero-order valence-electron chi connectivity index (χ0n) is 13.2. The van der Waals surface area contributed by atoms with Gasteiger partial charge in [0, 0.05) is 32.0 Å². The smallest absolute Gasteiger partial charge is 0.256 e. The first-order valence-electron chi connectivity index (χ1n) is 7.41. The van der Waals surface area contributed by atoms with E-state index in [4.69, 9.17) is 15.2 Å². The van der Waals surface area contributed by atoms with Gasteiger partial charge in [0.25, 0.3) is 5.91 Å². The van der Waals surface area contributed by atoms with Crippen LogP contribution in [0.1, 0.15) is 29.8 Å². The highest BCUT2D eigenvalue weighted by Gasteiger charge is 2.17. The number of hydrogen-bond acceptors (Lipinski definition) is 4. The molecule has 0 aliphatic carbocycles. The van der Waals surface area contributed by atoms with Crippen LogP contribution in [0.4, 0.5) is 5.69 Å². The van der Waals surface area contributed by atoms with Gasteiger partial charge in [-0.25, -0.2) is 0 Å². The Kier molecular flexibility index (Phi) is 7.79. The molecule has 2 N–H and O–H groups in total. The summed E-state index contributed by atoms with van der Waals surface area (Å²) in [5.74, 6) is -0.0769. The predicted molar refractivity (Wildman–Crippen MR) is 84.5 cm³/mol. The number of rotatable bonds is 9. The van der Waals surface area contributed by atoms with E-state index in [1.807, 2.05) is 32.9 Å². The predicted octanol–water partition coefficient (Wildman–Crippen LogP) is 2.09. The van der Waals surface area contributed by atoms with E-state index >= 15 is 0 Å². The van der Waals surface area contributed by atoms with Gasteiger partial charge in [-0.15, -0.1) is 0 Å². The van der Waals surface area contributed by atoms with Gasteiger partial charge in [0.1, 0.15) is 0 Å². The van der Waals surface area contributed by atoms with E-state index in [2.05, 4.69) is 0 Å². The number of ether oxygens (including phenoxy) is 2. The van der Waals surface area contributed by atoms with Crippen LogP contribution in [0, 0.1) is 6.92 Å². The molecule has 1 amide bonds. The van der Waals surface area contributed by atoms with E-state index in [0.29, 0.717) is 50.8 Å². The Labute approximate surface area is 127 Å². The standard InChI is InChI=1S/C16H26N2O3/c1-4-20-10-8-18(9-11-21-5-2)16(19)14-7-6-13(3)12-15(14)17/h6-7,12H,4-5,8-11,17H2,1-3H3. The number of carbonyl (C=O) groups excluding carboxylic acids is 1. The first-order valence-corrected chi connectivity index (χ1v) is 7.41. The van der Waals surface area contributed by atoms with Crippen molar-refractivity contribution in [2.45, 2.75) is 20.8 Å². The van der Waals surface area contributed by atoms with Gasteiger partial charge in [-0.05, 0) is 38.5 Å². The van der Waals surface area contributed by atoms with Crippen LogP contribution >= 0.6 is 0 Å². The monoisotopic (exact) mass is 294 g/mol. The Balaban J connectivity index is 2.76. The fourth-order valence-corrected chi connectivity index (χ4v) is 2.00. The maximum Gasteiger partial charge on any atom is 0.256 e. The SMILES string of the molecule is CCOCCN(CCOCC)C(=O)c1ccc(C)cc1N. The molecule has 0 aromatic heterocycles. The molecule has 5 nitrogen and oxygen atoms in total. The Bertz CT molecular complexity index is 439. The number of benzene rings is 1. The van der Waals surface area contributed by atoms with Crippen molar-refractivity contribution in [3.63, 3.8) is 0 Å². The molecule has 0 spiro atoms. The summed E-state index contributed by atoms with van der Waals surface area (Å²) in [6.45, 7) is 9.20. The third kappa shape index (κ3) is 5.73. The van der Waals surface area contributed by atoms with Gasteiger partial charge in [0.15, 0.2) is 0 Å². The fourth-order valence-electron chi connectivity index (χ4n) is 2.00. The molecule has 0 fully saturated rings. The summed E-state index contributed by atoms with van der Waals surface area (Å²) < 4.78 is 10.7. The van der Waals surface area contributed by atoms with E-state index in [9.17, 15) is 4.79 Å². The van der Waals surface area contributed by atoms with Crippen LogP contribution < -0.4 is 5.73 Å². The highest BCUT2D eigenvalue weighted by atomic mass is 16.5. The summed E-state index contributed by atoms with van der Waals surface area (Å²) >= 11 is 0. The van der Waals surface area contributed by atoms with Crippen LogP contribution in [0.25, 0.3) is 0 Å². The van der Waals surface area contributed by atoms with Gasteiger partial charge in [0.05, 0.1) is 18.8 Å². The van der Waals surface area contributed by atoms with Crippen LogP contribution in [-0.2, 0) is 9.47 Å². The number of amides is 1. The second-order valence-corrected chi connectivity index (χ2v) is 4.78. The molecule has 0 aliphatic rings. The molecule has 0 saturated heterocycles. The van der Waals surface area contributed by atoms with Crippen LogP contribution in [0.15, 0.2) is 18.2 Å².